The third-order valence-corrected chi connectivity index (χ3v) is 5.64. The molecular weight excluding hydrogens is 479 g/mol. The van der Waals surface area contributed by atoms with Crippen LogP contribution in [0.25, 0.3) is 0 Å². The number of ether oxygens (including phenoxy) is 1. The zero-order valence-electron chi connectivity index (χ0n) is 17.6. The van der Waals surface area contributed by atoms with Gasteiger partial charge in [-0.2, -0.15) is 0 Å². The fourth-order valence-electron chi connectivity index (χ4n) is 4.00. The molecule has 1 unspecified atom stereocenters. The molecule has 0 aliphatic carbocycles. The fraction of sp³-hybridized carbons (Fsp3) is 0.682. The van der Waals surface area contributed by atoms with Crippen LogP contribution in [0.2, 0.25) is 0 Å². The van der Waals surface area contributed by atoms with Gasteiger partial charge in [-0.1, -0.05) is 12.1 Å². The molecule has 2 saturated heterocycles. The molecule has 0 amide bonds. The molecule has 0 saturated carbocycles. The molecule has 0 spiro atoms. The van der Waals surface area contributed by atoms with E-state index in [2.05, 4.69) is 22.5 Å². The molecule has 1 aromatic carbocycles. The number of likely N-dealkylation sites (tertiary alicyclic amines) is 1. The summed E-state index contributed by atoms with van der Waals surface area (Å²) in [6.07, 6.45) is 5.55. The van der Waals surface area contributed by atoms with Gasteiger partial charge in [-0.25, -0.2) is 0 Å². The lowest BCUT2D eigenvalue weighted by atomic mass is 10.0. The van der Waals surface area contributed by atoms with Crippen LogP contribution in [0, 0.1) is 5.92 Å². The molecule has 1 aromatic rings. The first-order valence-corrected chi connectivity index (χ1v) is 10.9. The standard InChI is InChI=1S/C22H36N4O2.HI/c1-2-23-22(24-12-3-4-18-5-7-21(27)8-6-18)25-20-9-13-26(14-10-20)16-19-11-15-28-17-19;/h5-8,19-20,27H,2-4,9-17H2,1H3,(H2,23,24,25);1H. The summed E-state index contributed by atoms with van der Waals surface area (Å²) in [5.74, 6) is 2.00. The van der Waals surface area contributed by atoms with Crippen LogP contribution in [0.15, 0.2) is 29.3 Å². The van der Waals surface area contributed by atoms with Crippen LogP contribution in [-0.2, 0) is 11.2 Å². The Hall–Kier alpha value is -1.06. The Morgan fingerprint density at radius 1 is 1.21 bits per heavy atom. The maximum absolute atomic E-state index is 9.36. The molecule has 0 radical (unpaired) electrons. The molecule has 3 rings (SSSR count). The Bertz CT molecular complexity index is 597. The summed E-state index contributed by atoms with van der Waals surface area (Å²) in [5.41, 5.74) is 1.24. The summed E-state index contributed by atoms with van der Waals surface area (Å²) in [7, 11) is 0. The predicted molar refractivity (Wildman–Crippen MR) is 129 cm³/mol. The van der Waals surface area contributed by atoms with Crippen LogP contribution in [0.1, 0.15) is 38.2 Å². The lowest BCUT2D eigenvalue weighted by molar-refractivity contribution is 0.150. The van der Waals surface area contributed by atoms with Crippen LogP contribution < -0.4 is 10.6 Å². The number of nitrogens with one attached hydrogen (secondary N) is 2. The fourth-order valence-corrected chi connectivity index (χ4v) is 4.00. The van der Waals surface area contributed by atoms with Gasteiger partial charge in [-0.15, -0.1) is 24.0 Å². The summed E-state index contributed by atoms with van der Waals surface area (Å²) >= 11 is 0. The number of aliphatic imine (C=N–C) groups is 1. The zero-order chi connectivity index (χ0) is 19.6. The molecule has 7 heteroatoms. The highest BCUT2D eigenvalue weighted by atomic mass is 127. The van der Waals surface area contributed by atoms with Crippen molar-refractivity contribution in [2.75, 3.05) is 45.9 Å². The third-order valence-electron chi connectivity index (χ3n) is 5.64. The highest BCUT2D eigenvalue weighted by Gasteiger charge is 2.24. The van der Waals surface area contributed by atoms with Crippen molar-refractivity contribution >= 4 is 29.9 Å². The second-order valence-electron chi connectivity index (χ2n) is 7.98. The first kappa shape index (κ1) is 24.2. The van der Waals surface area contributed by atoms with Gasteiger partial charge in [0, 0.05) is 45.4 Å². The van der Waals surface area contributed by atoms with Gasteiger partial charge in [0.15, 0.2) is 5.96 Å². The van der Waals surface area contributed by atoms with Crippen LogP contribution in [0.3, 0.4) is 0 Å². The Morgan fingerprint density at radius 3 is 2.62 bits per heavy atom. The SMILES string of the molecule is CCNC(=NCCCc1ccc(O)cc1)NC1CCN(CC2CCOC2)CC1.I. The monoisotopic (exact) mass is 516 g/mol. The summed E-state index contributed by atoms with van der Waals surface area (Å²) in [5, 5.41) is 16.4. The van der Waals surface area contributed by atoms with Gasteiger partial charge in [-0.3, -0.25) is 4.99 Å². The number of guanidine groups is 1. The molecule has 2 fully saturated rings. The van der Waals surface area contributed by atoms with E-state index in [1.165, 1.54) is 31.4 Å². The van der Waals surface area contributed by atoms with E-state index in [4.69, 9.17) is 9.73 Å². The molecule has 29 heavy (non-hydrogen) atoms. The number of phenols is 1. The molecule has 6 nitrogen and oxygen atoms in total. The van der Waals surface area contributed by atoms with Crippen molar-refractivity contribution in [3.05, 3.63) is 29.8 Å². The number of rotatable bonds is 8. The molecule has 0 aromatic heterocycles. The Labute approximate surface area is 192 Å². The molecule has 164 valence electrons. The number of aromatic hydroxyl groups is 1. The number of phenolic OH excluding ortho intramolecular Hbond substituents is 1. The van der Waals surface area contributed by atoms with Crippen molar-refractivity contribution < 1.29 is 9.84 Å². The average molecular weight is 516 g/mol. The summed E-state index contributed by atoms with van der Waals surface area (Å²) in [6, 6.07) is 7.96. The highest BCUT2D eigenvalue weighted by Crippen LogP contribution is 2.17. The van der Waals surface area contributed by atoms with Crippen molar-refractivity contribution in [2.45, 2.75) is 45.1 Å². The van der Waals surface area contributed by atoms with Crippen LogP contribution >= 0.6 is 24.0 Å². The minimum atomic E-state index is 0. The van der Waals surface area contributed by atoms with Crippen LogP contribution in [0.4, 0.5) is 0 Å². The van der Waals surface area contributed by atoms with Crippen LogP contribution in [-0.4, -0.2) is 67.9 Å². The quantitative estimate of drug-likeness (QED) is 0.215. The lowest BCUT2D eigenvalue weighted by Crippen LogP contribution is -2.49. The molecule has 0 bridgehead atoms. The zero-order valence-corrected chi connectivity index (χ0v) is 19.9. The minimum Gasteiger partial charge on any atom is -0.508 e. The average Bonchev–Trinajstić information content (AvgIpc) is 3.21. The minimum absolute atomic E-state index is 0. The Balaban J connectivity index is 0.00000300. The molecule has 1 atom stereocenters. The molecule has 3 N–H and O–H groups in total. The number of benzene rings is 1. The van der Waals surface area contributed by atoms with E-state index in [1.54, 1.807) is 12.1 Å². The van der Waals surface area contributed by atoms with Crippen molar-refractivity contribution in [1.82, 2.24) is 15.5 Å². The number of piperidine rings is 1. The smallest absolute Gasteiger partial charge is 0.191 e. The van der Waals surface area contributed by atoms with Gasteiger partial charge in [0.05, 0.1) is 6.61 Å². The van der Waals surface area contributed by atoms with E-state index in [1.807, 2.05) is 12.1 Å². The molecule has 2 heterocycles. The Morgan fingerprint density at radius 2 is 1.97 bits per heavy atom. The third kappa shape index (κ3) is 8.68. The lowest BCUT2D eigenvalue weighted by Gasteiger charge is -2.34. The topological polar surface area (TPSA) is 69.1 Å². The van der Waals surface area contributed by atoms with Crippen molar-refractivity contribution in [1.29, 1.82) is 0 Å². The first-order chi connectivity index (χ1) is 13.7. The maximum atomic E-state index is 9.36. The van der Waals surface area contributed by atoms with Gasteiger partial charge < -0.3 is 25.4 Å². The number of halogens is 1. The second kappa shape index (κ2) is 13.3. The maximum Gasteiger partial charge on any atom is 0.191 e. The van der Waals surface area contributed by atoms with E-state index in [0.29, 0.717) is 11.8 Å². The van der Waals surface area contributed by atoms with E-state index < -0.39 is 0 Å². The van der Waals surface area contributed by atoms with E-state index in [0.717, 1.165) is 64.1 Å². The number of aryl methyl sites for hydroxylation is 1. The summed E-state index contributed by atoms with van der Waals surface area (Å²) < 4.78 is 5.51. The normalized spacial score (nSPS) is 21.0. The Kier molecular flexibility index (Phi) is 11.1. The van der Waals surface area contributed by atoms with E-state index >= 15 is 0 Å². The molecular formula is C22H37IN4O2. The number of hydrogen-bond donors (Lipinski definition) is 3. The van der Waals surface area contributed by atoms with Gasteiger partial charge in [0.2, 0.25) is 0 Å². The number of hydrogen-bond acceptors (Lipinski definition) is 4. The largest absolute Gasteiger partial charge is 0.508 e. The highest BCUT2D eigenvalue weighted by molar-refractivity contribution is 14.0. The van der Waals surface area contributed by atoms with Gasteiger partial charge in [-0.05, 0) is 62.6 Å². The predicted octanol–water partition coefficient (Wildman–Crippen LogP) is 3.00. The molecule has 2 aliphatic rings. The number of nitrogens with zero attached hydrogens (tertiary/aromatic N) is 2. The first-order valence-electron chi connectivity index (χ1n) is 10.9. The summed E-state index contributed by atoms with van der Waals surface area (Å²) in [6.45, 7) is 9.19. The van der Waals surface area contributed by atoms with Gasteiger partial charge in [0.25, 0.3) is 0 Å². The van der Waals surface area contributed by atoms with Crippen molar-refractivity contribution in [3.63, 3.8) is 0 Å². The van der Waals surface area contributed by atoms with Gasteiger partial charge >= 0.3 is 0 Å². The van der Waals surface area contributed by atoms with Crippen LogP contribution in [0.5, 0.6) is 5.75 Å². The van der Waals surface area contributed by atoms with E-state index in [-0.39, 0.29) is 24.0 Å². The van der Waals surface area contributed by atoms with Gasteiger partial charge in [0.1, 0.15) is 5.75 Å². The summed E-state index contributed by atoms with van der Waals surface area (Å²) in [4.78, 5) is 7.35. The molecule has 2 aliphatic heterocycles. The van der Waals surface area contributed by atoms with Crippen molar-refractivity contribution in [3.8, 4) is 5.75 Å². The second-order valence-corrected chi connectivity index (χ2v) is 7.98. The van der Waals surface area contributed by atoms with Crippen molar-refractivity contribution in [2.24, 2.45) is 10.9 Å². The van der Waals surface area contributed by atoms with E-state index in [9.17, 15) is 5.11 Å².